The van der Waals surface area contributed by atoms with E-state index in [0.717, 1.165) is 37.3 Å². The van der Waals surface area contributed by atoms with Gasteiger partial charge in [-0.15, -0.1) is 0 Å². The largest absolute Gasteiger partial charge is 0.427 e. The second-order valence-electron chi connectivity index (χ2n) is 6.56. The first kappa shape index (κ1) is 18.9. The van der Waals surface area contributed by atoms with Crippen LogP contribution >= 0.6 is 0 Å². The molecule has 0 saturated carbocycles. The topological polar surface area (TPSA) is 67.9 Å². The Labute approximate surface area is 159 Å². The molecule has 6 heteroatoms. The van der Waals surface area contributed by atoms with Gasteiger partial charge in [-0.3, -0.25) is 9.59 Å². The van der Waals surface area contributed by atoms with Crippen LogP contribution in [0.3, 0.4) is 0 Å². The fourth-order valence-electron chi connectivity index (χ4n) is 3.16. The first-order chi connectivity index (χ1) is 13.0. The number of hydrogen-bond acceptors (Lipinski definition) is 5. The highest BCUT2D eigenvalue weighted by Gasteiger charge is 2.19. The van der Waals surface area contributed by atoms with Crippen LogP contribution in [0.5, 0.6) is 5.75 Å². The minimum absolute atomic E-state index is 0.213. The number of hydrogen-bond donors (Lipinski definition) is 1. The molecule has 1 atom stereocenters. The Morgan fingerprint density at radius 3 is 2.41 bits per heavy atom. The molecule has 1 aliphatic rings. The van der Waals surface area contributed by atoms with Gasteiger partial charge in [0.1, 0.15) is 5.75 Å². The van der Waals surface area contributed by atoms with Crippen LogP contribution in [0.15, 0.2) is 48.5 Å². The number of esters is 1. The molecular formula is C21H24N2O4. The Morgan fingerprint density at radius 1 is 1.07 bits per heavy atom. The number of amides is 1. The molecule has 0 aliphatic carbocycles. The predicted molar refractivity (Wildman–Crippen MR) is 104 cm³/mol. The van der Waals surface area contributed by atoms with Gasteiger partial charge in [0.15, 0.2) is 0 Å². The number of anilines is 2. The second kappa shape index (κ2) is 8.68. The number of carbonyl (C=O) groups excluding carboxylic acids is 2. The highest BCUT2D eigenvalue weighted by atomic mass is 16.5. The van der Waals surface area contributed by atoms with Crippen molar-refractivity contribution in [3.05, 3.63) is 54.1 Å². The molecule has 1 N–H and O–H groups in total. The van der Waals surface area contributed by atoms with Gasteiger partial charge < -0.3 is 19.7 Å². The summed E-state index contributed by atoms with van der Waals surface area (Å²) in [6.07, 6.45) is 2.48. The molecule has 1 heterocycles. The summed E-state index contributed by atoms with van der Waals surface area (Å²) in [4.78, 5) is 25.6. The lowest BCUT2D eigenvalue weighted by molar-refractivity contribution is -0.131. The number of piperidine rings is 1. The smallest absolute Gasteiger partial charge is 0.308 e. The summed E-state index contributed by atoms with van der Waals surface area (Å²) >= 11 is 0. The third-order valence-electron chi connectivity index (χ3n) is 4.58. The molecule has 1 unspecified atom stereocenters. The Bertz CT molecular complexity index is 787. The van der Waals surface area contributed by atoms with Crippen molar-refractivity contribution >= 4 is 23.3 Å². The number of rotatable bonds is 5. The molecule has 2 aromatic carbocycles. The van der Waals surface area contributed by atoms with Gasteiger partial charge in [-0.25, -0.2) is 0 Å². The summed E-state index contributed by atoms with van der Waals surface area (Å²) in [6.45, 7) is 3.24. The molecule has 1 aliphatic heterocycles. The van der Waals surface area contributed by atoms with Crippen molar-refractivity contribution in [1.29, 1.82) is 0 Å². The third-order valence-corrected chi connectivity index (χ3v) is 4.58. The van der Waals surface area contributed by atoms with Crippen molar-refractivity contribution in [2.45, 2.75) is 25.9 Å². The number of carbonyl (C=O) groups is 2. The Balaban J connectivity index is 1.60. The minimum Gasteiger partial charge on any atom is -0.427 e. The van der Waals surface area contributed by atoms with Crippen molar-refractivity contribution in [3.63, 3.8) is 0 Å². The van der Waals surface area contributed by atoms with Gasteiger partial charge in [0.25, 0.3) is 5.91 Å². The number of methoxy groups -OCH3 is 1. The molecule has 0 aromatic heterocycles. The van der Waals surface area contributed by atoms with Crippen LogP contribution in [0.1, 0.15) is 30.1 Å². The van der Waals surface area contributed by atoms with Gasteiger partial charge in [0.2, 0.25) is 0 Å². The van der Waals surface area contributed by atoms with Crippen molar-refractivity contribution in [1.82, 2.24) is 0 Å². The first-order valence-corrected chi connectivity index (χ1v) is 9.03. The second-order valence-corrected chi connectivity index (χ2v) is 6.56. The van der Waals surface area contributed by atoms with Crippen LogP contribution in [-0.2, 0) is 9.53 Å². The Kier molecular flexibility index (Phi) is 6.08. The van der Waals surface area contributed by atoms with Gasteiger partial charge in [-0.05, 0) is 61.4 Å². The van der Waals surface area contributed by atoms with E-state index in [9.17, 15) is 9.59 Å². The van der Waals surface area contributed by atoms with Gasteiger partial charge in [-0.1, -0.05) is 0 Å². The fourth-order valence-corrected chi connectivity index (χ4v) is 3.16. The van der Waals surface area contributed by atoms with Crippen LogP contribution in [0.25, 0.3) is 0 Å². The summed E-state index contributed by atoms with van der Waals surface area (Å²) in [5.41, 5.74) is 2.35. The van der Waals surface area contributed by atoms with Crippen LogP contribution in [-0.4, -0.2) is 38.2 Å². The normalized spacial score (nSPS) is 16.7. The van der Waals surface area contributed by atoms with E-state index < -0.39 is 5.97 Å². The molecule has 1 amide bonds. The van der Waals surface area contributed by atoms with E-state index in [1.165, 1.54) is 6.92 Å². The lowest BCUT2D eigenvalue weighted by atomic mass is 10.1. The van der Waals surface area contributed by atoms with Crippen molar-refractivity contribution in [2.24, 2.45) is 0 Å². The molecule has 1 saturated heterocycles. The molecule has 0 bridgehead atoms. The van der Waals surface area contributed by atoms with E-state index in [0.29, 0.717) is 11.3 Å². The van der Waals surface area contributed by atoms with Crippen LogP contribution in [0.4, 0.5) is 11.4 Å². The van der Waals surface area contributed by atoms with E-state index in [2.05, 4.69) is 10.2 Å². The molecule has 3 rings (SSSR count). The Hall–Kier alpha value is -2.86. The number of nitrogens with one attached hydrogen (secondary N) is 1. The van der Waals surface area contributed by atoms with E-state index in [-0.39, 0.29) is 12.0 Å². The maximum absolute atomic E-state index is 12.4. The maximum Gasteiger partial charge on any atom is 0.308 e. The lowest BCUT2D eigenvalue weighted by Gasteiger charge is -2.33. The molecule has 0 radical (unpaired) electrons. The van der Waals surface area contributed by atoms with E-state index in [4.69, 9.17) is 9.47 Å². The standard InChI is InChI=1S/C21H24N2O4/c1-15(24)27-19-11-5-16(6-12-19)21(25)22-17-7-9-18(10-8-17)23-13-3-4-20(14-23)26-2/h5-12,20H,3-4,13-14H2,1-2H3,(H,22,25). The predicted octanol–water partition coefficient (Wildman–Crippen LogP) is 3.48. The SMILES string of the molecule is COC1CCCN(c2ccc(NC(=O)c3ccc(OC(C)=O)cc3)cc2)C1. The van der Waals surface area contributed by atoms with Crippen LogP contribution in [0, 0.1) is 0 Å². The lowest BCUT2D eigenvalue weighted by Crippen LogP contribution is -2.39. The van der Waals surface area contributed by atoms with Crippen molar-refractivity contribution < 1.29 is 19.1 Å². The highest BCUT2D eigenvalue weighted by Crippen LogP contribution is 2.23. The van der Waals surface area contributed by atoms with E-state index in [1.807, 2.05) is 24.3 Å². The first-order valence-electron chi connectivity index (χ1n) is 9.03. The summed E-state index contributed by atoms with van der Waals surface area (Å²) < 4.78 is 10.4. The van der Waals surface area contributed by atoms with E-state index >= 15 is 0 Å². The summed E-state index contributed by atoms with van der Waals surface area (Å²) in [7, 11) is 1.76. The molecule has 142 valence electrons. The van der Waals surface area contributed by atoms with Gasteiger partial charge in [0.05, 0.1) is 6.10 Å². The van der Waals surface area contributed by atoms with E-state index in [1.54, 1.807) is 31.4 Å². The van der Waals surface area contributed by atoms with Crippen LogP contribution < -0.4 is 15.0 Å². The number of nitrogens with zero attached hydrogens (tertiary/aromatic N) is 1. The zero-order valence-corrected chi connectivity index (χ0v) is 15.6. The zero-order chi connectivity index (χ0) is 19.2. The summed E-state index contributed by atoms with van der Waals surface area (Å²) in [5.74, 6) is -0.188. The van der Waals surface area contributed by atoms with Crippen LogP contribution in [0.2, 0.25) is 0 Å². The van der Waals surface area contributed by atoms with Crippen molar-refractivity contribution in [3.8, 4) is 5.75 Å². The minimum atomic E-state index is -0.391. The van der Waals surface area contributed by atoms with Gasteiger partial charge in [-0.2, -0.15) is 0 Å². The fraction of sp³-hybridized carbons (Fsp3) is 0.333. The highest BCUT2D eigenvalue weighted by molar-refractivity contribution is 6.04. The summed E-state index contributed by atoms with van der Waals surface area (Å²) in [6, 6.07) is 14.3. The summed E-state index contributed by atoms with van der Waals surface area (Å²) in [5, 5.41) is 2.88. The molecule has 2 aromatic rings. The molecule has 0 spiro atoms. The monoisotopic (exact) mass is 368 g/mol. The molecular weight excluding hydrogens is 344 g/mol. The van der Waals surface area contributed by atoms with Gasteiger partial charge >= 0.3 is 5.97 Å². The zero-order valence-electron chi connectivity index (χ0n) is 15.6. The maximum atomic E-state index is 12.4. The number of ether oxygens (including phenoxy) is 2. The Morgan fingerprint density at radius 2 is 1.78 bits per heavy atom. The molecule has 6 nitrogen and oxygen atoms in total. The quantitative estimate of drug-likeness (QED) is 0.646. The third kappa shape index (κ3) is 5.08. The van der Waals surface area contributed by atoms with Gasteiger partial charge in [0, 0.05) is 44.1 Å². The number of benzene rings is 2. The average Bonchev–Trinajstić information content (AvgIpc) is 2.68. The molecule has 1 fully saturated rings. The molecule has 27 heavy (non-hydrogen) atoms. The average molecular weight is 368 g/mol. The van der Waals surface area contributed by atoms with Crippen molar-refractivity contribution in [2.75, 3.05) is 30.4 Å².